The van der Waals surface area contributed by atoms with Gasteiger partial charge in [0.25, 0.3) is 5.56 Å². The van der Waals surface area contributed by atoms with E-state index in [0.717, 1.165) is 11.1 Å². The number of aryl methyl sites for hydroxylation is 1. The number of anilines is 1. The van der Waals surface area contributed by atoms with Gasteiger partial charge in [-0.25, -0.2) is 14.2 Å². The Labute approximate surface area is 168 Å². The Morgan fingerprint density at radius 1 is 1.17 bits per heavy atom. The number of benzene rings is 2. The van der Waals surface area contributed by atoms with Gasteiger partial charge < -0.3 is 10.6 Å². The third-order valence-electron chi connectivity index (χ3n) is 4.23. The Balaban J connectivity index is 1.53. The topological polar surface area (TPSA) is 88.4 Å². The van der Waals surface area contributed by atoms with Crippen molar-refractivity contribution in [1.82, 2.24) is 19.9 Å². The van der Waals surface area contributed by atoms with E-state index in [1.807, 2.05) is 31.2 Å². The van der Waals surface area contributed by atoms with Crippen LogP contribution >= 0.6 is 11.3 Å². The van der Waals surface area contributed by atoms with E-state index >= 15 is 0 Å². The lowest BCUT2D eigenvalue weighted by Crippen LogP contribution is -2.29. The fourth-order valence-corrected chi connectivity index (χ4v) is 3.78. The summed E-state index contributed by atoms with van der Waals surface area (Å²) in [6.07, 6.45) is 0. The third-order valence-corrected chi connectivity index (χ3v) is 5.17. The number of amides is 2. The molecule has 2 N–H and O–H groups in total. The van der Waals surface area contributed by atoms with Crippen LogP contribution < -0.4 is 16.2 Å². The summed E-state index contributed by atoms with van der Waals surface area (Å²) in [5.74, 6) is -0.533. The van der Waals surface area contributed by atoms with E-state index in [9.17, 15) is 14.0 Å². The van der Waals surface area contributed by atoms with E-state index < -0.39 is 11.8 Å². The summed E-state index contributed by atoms with van der Waals surface area (Å²) in [7, 11) is 0. The maximum absolute atomic E-state index is 13.6. The zero-order valence-electron chi connectivity index (χ0n) is 15.3. The van der Waals surface area contributed by atoms with Crippen molar-refractivity contribution in [3.05, 3.63) is 82.0 Å². The van der Waals surface area contributed by atoms with E-state index in [-0.39, 0.29) is 17.8 Å². The molecular formula is C20H16FN5O2S. The van der Waals surface area contributed by atoms with Gasteiger partial charge in [-0.15, -0.1) is 0 Å². The minimum atomic E-state index is -0.595. The van der Waals surface area contributed by atoms with Gasteiger partial charge in [0.15, 0.2) is 0 Å². The third kappa shape index (κ3) is 3.99. The zero-order chi connectivity index (χ0) is 20.4. The predicted octanol–water partition coefficient (Wildman–Crippen LogP) is 3.59. The first-order valence-electron chi connectivity index (χ1n) is 8.76. The molecule has 0 spiro atoms. The number of fused-ring (bicyclic) bond motifs is 1. The van der Waals surface area contributed by atoms with Crippen molar-refractivity contribution in [1.29, 1.82) is 0 Å². The molecule has 0 fully saturated rings. The number of carbonyl (C=O) groups is 1. The van der Waals surface area contributed by atoms with Crippen LogP contribution in [0.25, 0.3) is 15.5 Å². The van der Waals surface area contributed by atoms with Gasteiger partial charge >= 0.3 is 6.03 Å². The number of nitrogens with one attached hydrogen (secondary N) is 2. The first-order chi connectivity index (χ1) is 14.0. The molecule has 7 nitrogen and oxygen atoms in total. The molecule has 0 aliphatic heterocycles. The van der Waals surface area contributed by atoms with Gasteiger partial charge in [-0.2, -0.15) is 9.61 Å². The molecule has 0 saturated heterocycles. The predicted molar refractivity (Wildman–Crippen MR) is 110 cm³/mol. The fraction of sp³-hybridized carbons (Fsp3) is 0.100. The van der Waals surface area contributed by atoms with Crippen LogP contribution in [-0.2, 0) is 6.54 Å². The Kier molecular flexibility index (Phi) is 5.05. The average molecular weight is 409 g/mol. The molecule has 0 saturated carbocycles. The largest absolute Gasteiger partial charge is 0.332 e. The number of rotatable bonds is 4. The van der Waals surface area contributed by atoms with Gasteiger partial charge in [0.2, 0.25) is 4.96 Å². The van der Waals surface area contributed by atoms with Gasteiger partial charge in [0, 0.05) is 11.6 Å². The Morgan fingerprint density at radius 3 is 2.72 bits per heavy atom. The molecule has 2 aromatic carbocycles. The number of hydrogen-bond acceptors (Lipinski definition) is 5. The summed E-state index contributed by atoms with van der Waals surface area (Å²) < 4.78 is 14.9. The number of aromatic nitrogens is 3. The van der Waals surface area contributed by atoms with Crippen LogP contribution in [0.4, 0.5) is 14.9 Å². The smallest absolute Gasteiger partial charge is 0.319 e. The summed E-state index contributed by atoms with van der Waals surface area (Å²) in [5, 5.41) is 10.0. The minimum absolute atomic E-state index is 0.0175. The molecule has 29 heavy (non-hydrogen) atoms. The van der Waals surface area contributed by atoms with E-state index in [1.165, 1.54) is 40.1 Å². The van der Waals surface area contributed by atoms with E-state index in [1.54, 1.807) is 6.07 Å². The highest BCUT2D eigenvalue weighted by molar-refractivity contribution is 7.19. The van der Waals surface area contributed by atoms with E-state index in [4.69, 9.17) is 0 Å². The van der Waals surface area contributed by atoms with E-state index in [2.05, 4.69) is 20.7 Å². The summed E-state index contributed by atoms with van der Waals surface area (Å²) in [5.41, 5.74) is 2.10. The summed E-state index contributed by atoms with van der Waals surface area (Å²) in [4.78, 5) is 29.2. The van der Waals surface area contributed by atoms with Gasteiger partial charge in [0.05, 0.1) is 17.9 Å². The second-order valence-corrected chi connectivity index (χ2v) is 7.25. The zero-order valence-corrected chi connectivity index (χ0v) is 16.2. The number of carbonyl (C=O) groups excluding carboxylic acids is 1. The fourth-order valence-electron chi connectivity index (χ4n) is 2.77. The monoisotopic (exact) mass is 409 g/mol. The minimum Gasteiger partial charge on any atom is -0.332 e. The molecule has 9 heteroatoms. The second kappa shape index (κ2) is 7.80. The van der Waals surface area contributed by atoms with Crippen molar-refractivity contribution < 1.29 is 9.18 Å². The van der Waals surface area contributed by atoms with Crippen molar-refractivity contribution in [3.63, 3.8) is 0 Å². The number of urea groups is 1. The van der Waals surface area contributed by atoms with E-state index in [0.29, 0.717) is 15.7 Å². The molecule has 4 aromatic rings. The molecule has 2 aromatic heterocycles. The van der Waals surface area contributed by atoms with Crippen LogP contribution in [0.5, 0.6) is 0 Å². The molecule has 4 rings (SSSR count). The highest BCUT2D eigenvalue weighted by atomic mass is 32.1. The highest BCUT2D eigenvalue weighted by Crippen LogP contribution is 2.26. The van der Waals surface area contributed by atoms with Gasteiger partial charge in [0.1, 0.15) is 10.8 Å². The molecular weight excluding hydrogens is 393 g/mol. The quantitative estimate of drug-likeness (QED) is 0.539. The molecule has 0 aliphatic rings. The van der Waals surface area contributed by atoms with Gasteiger partial charge in [-0.1, -0.05) is 47.7 Å². The second-order valence-electron chi connectivity index (χ2n) is 6.29. The van der Waals surface area contributed by atoms with Crippen molar-refractivity contribution in [2.45, 2.75) is 13.5 Å². The number of nitrogens with zero attached hydrogens (tertiary/aromatic N) is 3. The Bertz CT molecular complexity index is 1270. The van der Waals surface area contributed by atoms with Crippen molar-refractivity contribution in [2.24, 2.45) is 0 Å². The standard InChI is InChI=1S/C20H16FN5O2S/c1-12-6-2-3-7-14(12)18-25-26-17(27)10-13(23-20(26)29-18)11-22-19(28)24-16-9-5-4-8-15(16)21/h2-10H,11H2,1H3,(H2,22,24,28). The molecule has 0 aliphatic carbocycles. The Hall–Kier alpha value is -3.59. The maximum atomic E-state index is 13.6. The van der Waals surface area contributed by atoms with Crippen LogP contribution in [-0.4, -0.2) is 20.6 Å². The number of para-hydroxylation sites is 1. The van der Waals surface area contributed by atoms with Crippen LogP contribution in [0.3, 0.4) is 0 Å². The molecule has 0 atom stereocenters. The van der Waals surface area contributed by atoms with Crippen LogP contribution in [0.1, 0.15) is 11.3 Å². The van der Waals surface area contributed by atoms with Crippen molar-refractivity contribution >= 4 is 28.0 Å². The van der Waals surface area contributed by atoms with Crippen molar-refractivity contribution in [3.8, 4) is 10.6 Å². The van der Waals surface area contributed by atoms with Gasteiger partial charge in [-0.05, 0) is 24.6 Å². The molecule has 0 bridgehead atoms. The van der Waals surface area contributed by atoms with Crippen molar-refractivity contribution in [2.75, 3.05) is 5.32 Å². The van der Waals surface area contributed by atoms with Crippen LogP contribution in [0.15, 0.2) is 59.4 Å². The molecule has 2 heterocycles. The molecule has 0 radical (unpaired) electrons. The Morgan fingerprint density at radius 2 is 1.93 bits per heavy atom. The van der Waals surface area contributed by atoms with Crippen LogP contribution in [0.2, 0.25) is 0 Å². The lowest BCUT2D eigenvalue weighted by Gasteiger charge is -2.07. The van der Waals surface area contributed by atoms with Crippen LogP contribution in [0, 0.1) is 12.7 Å². The number of halogens is 1. The highest BCUT2D eigenvalue weighted by Gasteiger charge is 2.13. The molecule has 146 valence electrons. The molecule has 2 amide bonds. The normalized spacial score (nSPS) is 10.8. The average Bonchev–Trinajstić information content (AvgIpc) is 3.13. The number of hydrogen-bond donors (Lipinski definition) is 2. The summed E-state index contributed by atoms with van der Waals surface area (Å²) in [6, 6.07) is 14.3. The lowest BCUT2D eigenvalue weighted by atomic mass is 10.1. The first kappa shape index (κ1) is 18.8. The van der Waals surface area contributed by atoms with Gasteiger partial charge in [-0.3, -0.25) is 4.79 Å². The lowest BCUT2D eigenvalue weighted by molar-refractivity contribution is 0.251. The summed E-state index contributed by atoms with van der Waals surface area (Å²) >= 11 is 1.29. The summed E-state index contributed by atoms with van der Waals surface area (Å²) in [6.45, 7) is 1.99. The first-order valence-corrected chi connectivity index (χ1v) is 9.58. The SMILES string of the molecule is Cc1ccccc1-c1nn2c(=O)cc(CNC(=O)Nc3ccccc3F)nc2s1. The maximum Gasteiger partial charge on any atom is 0.319 e. The molecule has 0 unspecified atom stereocenters.